The first-order valence-corrected chi connectivity index (χ1v) is 11.4. The van der Waals surface area contributed by atoms with E-state index >= 15 is 0 Å². The average molecular weight is 408 g/mol. The van der Waals surface area contributed by atoms with Crippen molar-refractivity contribution in [1.29, 1.82) is 0 Å². The van der Waals surface area contributed by atoms with Crippen molar-refractivity contribution in [3.63, 3.8) is 0 Å². The standard InChI is InChI=1S/C20H25NO4S2/c1-15(2)13-14-25-20(22)19(16-7-5-4-6-8-16)21-27(23,24)18-11-9-17(26-3)10-12-18/h4-12,15,19,21H,13-14H2,1-3H3/t19-/m0/s1. The minimum atomic E-state index is -3.88. The number of esters is 1. The van der Waals surface area contributed by atoms with Gasteiger partial charge in [0.05, 0.1) is 11.5 Å². The summed E-state index contributed by atoms with van der Waals surface area (Å²) in [5, 5.41) is 0. The molecule has 0 aliphatic heterocycles. The fraction of sp³-hybridized carbons (Fsp3) is 0.350. The summed E-state index contributed by atoms with van der Waals surface area (Å²) in [7, 11) is -3.88. The van der Waals surface area contributed by atoms with Gasteiger partial charge in [0, 0.05) is 4.90 Å². The van der Waals surface area contributed by atoms with E-state index in [1.807, 2.05) is 20.1 Å². The van der Waals surface area contributed by atoms with Crippen LogP contribution in [0.1, 0.15) is 31.9 Å². The number of ether oxygens (including phenoxy) is 1. The van der Waals surface area contributed by atoms with Gasteiger partial charge in [-0.05, 0) is 48.4 Å². The van der Waals surface area contributed by atoms with Crippen molar-refractivity contribution in [2.24, 2.45) is 5.92 Å². The van der Waals surface area contributed by atoms with E-state index in [1.165, 1.54) is 23.9 Å². The number of nitrogens with one attached hydrogen (secondary N) is 1. The first-order valence-electron chi connectivity index (χ1n) is 8.71. The molecule has 0 radical (unpaired) electrons. The van der Waals surface area contributed by atoms with Crippen molar-refractivity contribution >= 4 is 27.8 Å². The molecule has 0 saturated carbocycles. The van der Waals surface area contributed by atoms with Gasteiger partial charge in [-0.2, -0.15) is 4.72 Å². The lowest BCUT2D eigenvalue weighted by molar-refractivity contribution is -0.146. The zero-order valence-electron chi connectivity index (χ0n) is 15.7. The summed E-state index contributed by atoms with van der Waals surface area (Å²) in [4.78, 5) is 13.6. The smallest absolute Gasteiger partial charge is 0.328 e. The maximum absolute atomic E-state index is 12.8. The van der Waals surface area contributed by atoms with Gasteiger partial charge in [0.2, 0.25) is 10.0 Å². The highest BCUT2D eigenvalue weighted by atomic mass is 32.2. The molecule has 0 aliphatic rings. The van der Waals surface area contributed by atoms with Crippen LogP contribution in [0.25, 0.3) is 0 Å². The largest absolute Gasteiger partial charge is 0.464 e. The molecule has 2 rings (SSSR count). The van der Waals surface area contributed by atoms with Crippen molar-refractivity contribution in [1.82, 2.24) is 4.72 Å². The maximum atomic E-state index is 12.8. The topological polar surface area (TPSA) is 72.5 Å². The van der Waals surface area contributed by atoms with Crippen LogP contribution in [0.15, 0.2) is 64.4 Å². The average Bonchev–Trinajstić information content (AvgIpc) is 2.66. The van der Waals surface area contributed by atoms with Crippen LogP contribution in [0, 0.1) is 5.92 Å². The molecule has 146 valence electrons. The first kappa shape index (κ1) is 21.5. The third-order valence-corrected chi connectivity index (χ3v) is 6.13. The third kappa shape index (κ3) is 6.37. The first-order chi connectivity index (χ1) is 12.8. The van der Waals surface area contributed by atoms with Crippen LogP contribution in [-0.2, 0) is 19.6 Å². The summed E-state index contributed by atoms with van der Waals surface area (Å²) >= 11 is 1.53. The Labute approximate surface area is 165 Å². The molecule has 1 N–H and O–H groups in total. The molecule has 1 atom stereocenters. The highest BCUT2D eigenvalue weighted by molar-refractivity contribution is 7.98. The van der Waals surface area contributed by atoms with Crippen LogP contribution in [0.5, 0.6) is 0 Å². The number of hydrogen-bond donors (Lipinski definition) is 1. The highest BCUT2D eigenvalue weighted by Gasteiger charge is 2.28. The highest BCUT2D eigenvalue weighted by Crippen LogP contribution is 2.21. The van der Waals surface area contributed by atoms with Crippen molar-refractivity contribution in [2.45, 2.75) is 36.1 Å². The second-order valence-corrected chi connectivity index (χ2v) is 9.08. The van der Waals surface area contributed by atoms with Gasteiger partial charge in [0.25, 0.3) is 0 Å². The predicted molar refractivity (Wildman–Crippen MR) is 108 cm³/mol. The second kappa shape index (κ2) is 9.92. The number of hydrogen-bond acceptors (Lipinski definition) is 5. The van der Waals surface area contributed by atoms with Crippen LogP contribution in [0.2, 0.25) is 0 Å². The van der Waals surface area contributed by atoms with E-state index in [-0.39, 0.29) is 11.5 Å². The van der Waals surface area contributed by atoms with E-state index in [9.17, 15) is 13.2 Å². The normalized spacial score (nSPS) is 12.7. The Morgan fingerprint density at radius 2 is 1.70 bits per heavy atom. The van der Waals surface area contributed by atoms with E-state index in [2.05, 4.69) is 4.72 Å². The van der Waals surface area contributed by atoms with Crippen LogP contribution in [-0.4, -0.2) is 27.2 Å². The van der Waals surface area contributed by atoms with Crippen LogP contribution in [0.4, 0.5) is 0 Å². The predicted octanol–water partition coefficient (Wildman–Crippen LogP) is 4.02. The molecule has 5 nitrogen and oxygen atoms in total. The van der Waals surface area contributed by atoms with Crippen molar-refractivity contribution in [3.05, 3.63) is 60.2 Å². The van der Waals surface area contributed by atoms with E-state index in [0.29, 0.717) is 11.5 Å². The lowest BCUT2D eigenvalue weighted by Gasteiger charge is -2.18. The zero-order valence-corrected chi connectivity index (χ0v) is 17.3. The summed E-state index contributed by atoms with van der Waals surface area (Å²) < 4.78 is 33.4. The van der Waals surface area contributed by atoms with Crippen LogP contribution >= 0.6 is 11.8 Å². The number of rotatable bonds is 9. The summed E-state index contributed by atoms with van der Waals surface area (Å²) in [6.45, 7) is 4.32. The molecule has 0 aliphatic carbocycles. The Balaban J connectivity index is 2.23. The van der Waals surface area contributed by atoms with E-state index in [1.54, 1.807) is 42.5 Å². The molecular weight excluding hydrogens is 382 g/mol. The Kier molecular flexibility index (Phi) is 7.89. The molecule has 0 bridgehead atoms. The zero-order chi connectivity index (χ0) is 19.9. The Bertz CT molecular complexity index is 834. The molecule has 0 spiro atoms. The molecule has 27 heavy (non-hydrogen) atoms. The monoisotopic (exact) mass is 407 g/mol. The van der Waals surface area contributed by atoms with Gasteiger partial charge in [-0.25, -0.2) is 13.2 Å². The SMILES string of the molecule is CSc1ccc(S(=O)(=O)N[C@H](C(=O)OCCC(C)C)c2ccccc2)cc1. The molecule has 0 aromatic heterocycles. The summed E-state index contributed by atoms with van der Waals surface area (Å²) in [5.74, 6) is -0.217. The maximum Gasteiger partial charge on any atom is 0.328 e. The molecule has 0 unspecified atom stereocenters. The Morgan fingerprint density at radius 3 is 2.26 bits per heavy atom. The lowest BCUT2D eigenvalue weighted by atomic mass is 10.1. The minimum Gasteiger partial charge on any atom is -0.464 e. The number of thioether (sulfide) groups is 1. The summed E-state index contributed by atoms with van der Waals surface area (Å²) in [5.41, 5.74) is 0.538. The Morgan fingerprint density at radius 1 is 1.07 bits per heavy atom. The third-order valence-electron chi connectivity index (χ3n) is 3.95. The number of sulfonamides is 1. The van der Waals surface area contributed by atoms with Gasteiger partial charge in [-0.15, -0.1) is 11.8 Å². The van der Waals surface area contributed by atoms with Gasteiger partial charge in [0.15, 0.2) is 0 Å². The van der Waals surface area contributed by atoms with Crippen molar-refractivity contribution in [2.75, 3.05) is 12.9 Å². The molecule has 0 amide bonds. The molecule has 7 heteroatoms. The second-order valence-electron chi connectivity index (χ2n) is 6.49. The van der Waals surface area contributed by atoms with Gasteiger partial charge >= 0.3 is 5.97 Å². The number of carbonyl (C=O) groups excluding carboxylic acids is 1. The van der Waals surface area contributed by atoms with E-state index in [4.69, 9.17) is 4.74 Å². The number of benzene rings is 2. The van der Waals surface area contributed by atoms with Gasteiger partial charge in [-0.3, -0.25) is 0 Å². The molecule has 2 aromatic carbocycles. The molecule has 0 saturated heterocycles. The quantitative estimate of drug-likeness (QED) is 0.502. The number of carbonyl (C=O) groups is 1. The summed E-state index contributed by atoms with van der Waals surface area (Å²) in [6.07, 6.45) is 2.64. The van der Waals surface area contributed by atoms with Crippen LogP contribution in [0.3, 0.4) is 0 Å². The van der Waals surface area contributed by atoms with Crippen molar-refractivity contribution < 1.29 is 17.9 Å². The van der Waals surface area contributed by atoms with Gasteiger partial charge in [0.1, 0.15) is 6.04 Å². The Hall–Kier alpha value is -1.83. The fourth-order valence-corrected chi connectivity index (χ4v) is 3.94. The molecule has 0 heterocycles. The molecular formula is C20H25NO4S2. The van der Waals surface area contributed by atoms with Gasteiger partial charge in [-0.1, -0.05) is 44.2 Å². The van der Waals surface area contributed by atoms with E-state index in [0.717, 1.165) is 11.3 Å². The minimum absolute atomic E-state index is 0.108. The fourth-order valence-electron chi connectivity index (χ4n) is 2.35. The summed E-state index contributed by atoms with van der Waals surface area (Å²) in [6, 6.07) is 14.2. The molecule has 0 fully saturated rings. The van der Waals surface area contributed by atoms with Crippen LogP contribution < -0.4 is 4.72 Å². The van der Waals surface area contributed by atoms with Crippen molar-refractivity contribution in [3.8, 4) is 0 Å². The molecule has 2 aromatic rings. The van der Waals surface area contributed by atoms with Gasteiger partial charge < -0.3 is 4.74 Å². The van der Waals surface area contributed by atoms with E-state index < -0.39 is 22.0 Å². The lowest BCUT2D eigenvalue weighted by Crippen LogP contribution is -2.35.